The number of nitrogens with one attached hydrogen (secondary N) is 1. The summed E-state index contributed by atoms with van der Waals surface area (Å²) in [5.74, 6) is 0.845. The molecule has 1 aliphatic carbocycles. The minimum Gasteiger partial charge on any atom is -0.396 e. The maximum atomic E-state index is 8.78. The van der Waals surface area contributed by atoms with Gasteiger partial charge in [-0.05, 0) is 38.1 Å². The molecular formula is C12H26N2O. The van der Waals surface area contributed by atoms with Gasteiger partial charge in [-0.3, -0.25) is 0 Å². The van der Waals surface area contributed by atoms with Gasteiger partial charge in [-0.25, -0.2) is 0 Å². The van der Waals surface area contributed by atoms with E-state index in [0.29, 0.717) is 0 Å². The second kappa shape index (κ2) is 6.46. The lowest BCUT2D eigenvalue weighted by Crippen LogP contribution is -2.51. The Morgan fingerprint density at radius 3 is 2.87 bits per heavy atom. The van der Waals surface area contributed by atoms with E-state index < -0.39 is 0 Å². The van der Waals surface area contributed by atoms with Gasteiger partial charge in [0.15, 0.2) is 0 Å². The third kappa shape index (κ3) is 4.09. The summed E-state index contributed by atoms with van der Waals surface area (Å²) in [5, 5.41) is 12.3. The zero-order chi connectivity index (χ0) is 11.1. The van der Waals surface area contributed by atoms with E-state index in [-0.39, 0.29) is 12.1 Å². The van der Waals surface area contributed by atoms with Crippen molar-refractivity contribution in [3.05, 3.63) is 0 Å². The number of aliphatic hydroxyl groups is 1. The van der Waals surface area contributed by atoms with Gasteiger partial charge in [-0.2, -0.15) is 0 Å². The molecule has 2 atom stereocenters. The van der Waals surface area contributed by atoms with Crippen molar-refractivity contribution in [2.75, 3.05) is 19.7 Å². The highest BCUT2D eigenvalue weighted by Crippen LogP contribution is 2.29. The monoisotopic (exact) mass is 214 g/mol. The smallest absolute Gasteiger partial charge is 0.0443 e. The van der Waals surface area contributed by atoms with Crippen LogP contribution in [-0.2, 0) is 0 Å². The Bertz CT molecular complexity index is 175. The molecule has 3 nitrogen and oxygen atoms in total. The van der Waals surface area contributed by atoms with Gasteiger partial charge in [0.05, 0.1) is 0 Å². The van der Waals surface area contributed by atoms with Crippen LogP contribution in [0.3, 0.4) is 0 Å². The Balaban J connectivity index is 2.42. The topological polar surface area (TPSA) is 58.3 Å². The molecule has 90 valence electrons. The first kappa shape index (κ1) is 12.9. The Hall–Kier alpha value is -0.120. The van der Waals surface area contributed by atoms with E-state index in [4.69, 9.17) is 10.8 Å². The number of rotatable bonds is 5. The summed E-state index contributed by atoms with van der Waals surface area (Å²) < 4.78 is 0. The second-order valence-corrected chi connectivity index (χ2v) is 5.02. The molecule has 0 aromatic rings. The zero-order valence-corrected chi connectivity index (χ0v) is 9.97. The van der Waals surface area contributed by atoms with Crippen LogP contribution in [0.15, 0.2) is 0 Å². The average molecular weight is 214 g/mol. The molecule has 0 spiro atoms. The summed E-state index contributed by atoms with van der Waals surface area (Å²) in [4.78, 5) is 0. The normalized spacial score (nSPS) is 32.6. The highest BCUT2D eigenvalue weighted by molar-refractivity contribution is 4.91. The molecule has 0 saturated heterocycles. The third-order valence-corrected chi connectivity index (χ3v) is 3.69. The van der Waals surface area contributed by atoms with Crippen molar-refractivity contribution in [3.63, 3.8) is 0 Å². The second-order valence-electron chi connectivity index (χ2n) is 5.02. The lowest BCUT2D eigenvalue weighted by molar-refractivity contribution is 0.253. The van der Waals surface area contributed by atoms with Crippen molar-refractivity contribution in [1.82, 2.24) is 5.32 Å². The first-order chi connectivity index (χ1) is 7.22. The van der Waals surface area contributed by atoms with E-state index in [1.807, 2.05) is 0 Å². The Morgan fingerprint density at radius 1 is 1.40 bits per heavy atom. The summed E-state index contributed by atoms with van der Waals surface area (Å²) in [6.07, 6.45) is 7.11. The van der Waals surface area contributed by atoms with Crippen LogP contribution >= 0.6 is 0 Å². The fourth-order valence-electron chi connectivity index (χ4n) is 2.47. The van der Waals surface area contributed by atoms with Crippen molar-refractivity contribution in [2.45, 2.75) is 51.0 Å². The van der Waals surface area contributed by atoms with Crippen LogP contribution in [0.4, 0.5) is 0 Å². The van der Waals surface area contributed by atoms with E-state index >= 15 is 0 Å². The molecule has 1 rings (SSSR count). The van der Waals surface area contributed by atoms with E-state index in [2.05, 4.69) is 12.2 Å². The van der Waals surface area contributed by atoms with Gasteiger partial charge in [-0.15, -0.1) is 0 Å². The van der Waals surface area contributed by atoms with Gasteiger partial charge in [0.1, 0.15) is 0 Å². The SMILES string of the molecule is CC1CCCC(CN)(NCCCO)CC1. The molecule has 0 aliphatic heterocycles. The molecule has 1 aliphatic rings. The molecule has 4 N–H and O–H groups in total. The highest BCUT2D eigenvalue weighted by atomic mass is 16.3. The van der Waals surface area contributed by atoms with E-state index in [0.717, 1.165) is 25.4 Å². The Morgan fingerprint density at radius 2 is 2.20 bits per heavy atom. The molecule has 0 heterocycles. The maximum absolute atomic E-state index is 8.78. The Kier molecular flexibility index (Phi) is 5.58. The molecule has 0 amide bonds. The highest BCUT2D eigenvalue weighted by Gasteiger charge is 2.29. The molecule has 15 heavy (non-hydrogen) atoms. The van der Waals surface area contributed by atoms with Crippen molar-refractivity contribution >= 4 is 0 Å². The number of aliphatic hydroxyl groups excluding tert-OH is 1. The predicted octanol–water partition coefficient (Wildman–Crippen LogP) is 1.26. The summed E-state index contributed by atoms with van der Waals surface area (Å²) >= 11 is 0. The largest absolute Gasteiger partial charge is 0.396 e. The van der Waals surface area contributed by atoms with Gasteiger partial charge in [0.2, 0.25) is 0 Å². The Labute approximate surface area is 93.4 Å². The minimum absolute atomic E-state index is 0.153. The van der Waals surface area contributed by atoms with Crippen LogP contribution in [0, 0.1) is 5.92 Å². The van der Waals surface area contributed by atoms with Gasteiger partial charge in [-0.1, -0.05) is 19.8 Å². The van der Waals surface area contributed by atoms with Crippen LogP contribution in [0.5, 0.6) is 0 Å². The fourth-order valence-corrected chi connectivity index (χ4v) is 2.47. The number of hydrogen-bond acceptors (Lipinski definition) is 3. The average Bonchev–Trinajstić information content (AvgIpc) is 2.42. The summed E-state index contributed by atoms with van der Waals surface area (Å²) in [7, 11) is 0. The molecule has 1 fully saturated rings. The van der Waals surface area contributed by atoms with Crippen molar-refractivity contribution < 1.29 is 5.11 Å². The molecule has 0 aromatic heterocycles. The van der Waals surface area contributed by atoms with Gasteiger partial charge in [0.25, 0.3) is 0 Å². The quantitative estimate of drug-likeness (QED) is 0.477. The lowest BCUT2D eigenvalue weighted by Gasteiger charge is -2.33. The molecule has 3 heteroatoms. The van der Waals surface area contributed by atoms with Crippen LogP contribution in [0.25, 0.3) is 0 Å². The fraction of sp³-hybridized carbons (Fsp3) is 1.00. The molecule has 0 bridgehead atoms. The van der Waals surface area contributed by atoms with Gasteiger partial charge >= 0.3 is 0 Å². The summed E-state index contributed by atoms with van der Waals surface area (Å²) in [5.41, 5.74) is 6.06. The molecule has 0 aromatic carbocycles. The minimum atomic E-state index is 0.153. The standard InChI is InChI=1S/C12H26N2O/c1-11-4-2-6-12(10-13,7-5-11)14-8-3-9-15/h11,14-15H,2-10,13H2,1H3. The van der Waals surface area contributed by atoms with Crippen molar-refractivity contribution in [1.29, 1.82) is 0 Å². The summed E-state index contributed by atoms with van der Waals surface area (Å²) in [6.45, 7) is 4.22. The molecular weight excluding hydrogens is 188 g/mol. The molecule has 0 radical (unpaired) electrons. The zero-order valence-electron chi connectivity index (χ0n) is 9.97. The number of nitrogens with two attached hydrogens (primary N) is 1. The van der Waals surface area contributed by atoms with E-state index in [1.165, 1.54) is 32.1 Å². The molecule has 2 unspecified atom stereocenters. The molecule has 1 saturated carbocycles. The van der Waals surface area contributed by atoms with Crippen molar-refractivity contribution in [2.24, 2.45) is 11.7 Å². The van der Waals surface area contributed by atoms with Gasteiger partial charge in [0, 0.05) is 18.7 Å². The first-order valence-corrected chi connectivity index (χ1v) is 6.28. The predicted molar refractivity (Wildman–Crippen MR) is 63.7 cm³/mol. The lowest BCUT2D eigenvalue weighted by atomic mass is 9.89. The van der Waals surface area contributed by atoms with Crippen LogP contribution < -0.4 is 11.1 Å². The van der Waals surface area contributed by atoms with Crippen LogP contribution in [-0.4, -0.2) is 30.3 Å². The van der Waals surface area contributed by atoms with E-state index in [1.54, 1.807) is 0 Å². The van der Waals surface area contributed by atoms with Crippen LogP contribution in [0.2, 0.25) is 0 Å². The summed E-state index contributed by atoms with van der Waals surface area (Å²) in [6, 6.07) is 0. The number of hydrogen-bond donors (Lipinski definition) is 3. The third-order valence-electron chi connectivity index (χ3n) is 3.69. The maximum Gasteiger partial charge on any atom is 0.0443 e. The van der Waals surface area contributed by atoms with E-state index in [9.17, 15) is 0 Å². The first-order valence-electron chi connectivity index (χ1n) is 6.28. The van der Waals surface area contributed by atoms with Crippen molar-refractivity contribution in [3.8, 4) is 0 Å². The van der Waals surface area contributed by atoms with Gasteiger partial charge < -0.3 is 16.2 Å². The van der Waals surface area contributed by atoms with Crippen LogP contribution in [0.1, 0.15) is 45.4 Å².